The van der Waals surface area contributed by atoms with Gasteiger partial charge in [-0.05, 0) is 67.1 Å². The lowest BCUT2D eigenvalue weighted by Crippen LogP contribution is -2.54. The average molecular weight is 568 g/mol. The molecule has 13 heteroatoms. The largest absolute Gasteiger partial charge is 0.490 e. The van der Waals surface area contributed by atoms with Crippen LogP contribution in [-0.2, 0) is 15.8 Å². The van der Waals surface area contributed by atoms with E-state index in [0.29, 0.717) is 22.5 Å². The Labute approximate surface area is 229 Å². The maximum absolute atomic E-state index is 13.2. The highest BCUT2D eigenvalue weighted by Crippen LogP contribution is 2.35. The molecule has 0 atom stereocenters. The first-order valence-electron chi connectivity index (χ1n) is 12.0. The molecular formula is C28H19F3N2O8. The number of anilines is 1. The number of halogens is 3. The zero-order valence-electron chi connectivity index (χ0n) is 21.1. The molecule has 0 aliphatic carbocycles. The summed E-state index contributed by atoms with van der Waals surface area (Å²) in [6.07, 6.45) is -3.58. The number of barbiturate groups is 1. The van der Waals surface area contributed by atoms with Gasteiger partial charge in [-0.25, -0.2) is 14.5 Å². The van der Waals surface area contributed by atoms with E-state index in [0.717, 1.165) is 24.3 Å². The minimum absolute atomic E-state index is 0.0334. The van der Waals surface area contributed by atoms with Crippen molar-refractivity contribution in [3.8, 4) is 23.0 Å². The Bertz CT molecular complexity index is 1620. The molecule has 1 saturated heterocycles. The number of rotatable bonds is 6. The number of nitrogens with one attached hydrogen (secondary N) is 1. The van der Waals surface area contributed by atoms with E-state index in [9.17, 15) is 32.3 Å². The van der Waals surface area contributed by atoms with Crippen LogP contribution in [0.15, 0.2) is 66.2 Å². The first-order chi connectivity index (χ1) is 19.5. The highest BCUT2D eigenvalue weighted by Gasteiger charge is 2.38. The summed E-state index contributed by atoms with van der Waals surface area (Å²) in [6, 6.07) is 11.1. The van der Waals surface area contributed by atoms with Gasteiger partial charge in [0.2, 0.25) is 6.79 Å². The van der Waals surface area contributed by atoms with E-state index in [2.05, 4.69) is 0 Å². The SMILES string of the molecule is CCOc1cc(/C=C2\C(=O)NC(=O)N(c3cccc(C(F)(F)F)c3)C2=O)ccc1OC(=O)c1ccc2c(c1)OCO2. The van der Waals surface area contributed by atoms with Crippen molar-refractivity contribution in [3.05, 3.63) is 82.9 Å². The number of hydrogen-bond acceptors (Lipinski definition) is 8. The van der Waals surface area contributed by atoms with Gasteiger partial charge in [-0.2, -0.15) is 13.2 Å². The van der Waals surface area contributed by atoms with Crippen LogP contribution in [0.3, 0.4) is 0 Å². The van der Waals surface area contributed by atoms with E-state index in [1.165, 1.54) is 30.3 Å². The fourth-order valence-corrected chi connectivity index (χ4v) is 4.03. The second kappa shape index (κ2) is 10.7. The highest BCUT2D eigenvalue weighted by atomic mass is 19.4. The third-order valence-electron chi connectivity index (χ3n) is 5.92. The van der Waals surface area contributed by atoms with Gasteiger partial charge < -0.3 is 18.9 Å². The Morgan fingerprint density at radius 3 is 2.54 bits per heavy atom. The van der Waals surface area contributed by atoms with Gasteiger partial charge in [0, 0.05) is 0 Å². The van der Waals surface area contributed by atoms with E-state index in [1.807, 2.05) is 5.32 Å². The molecule has 0 unspecified atom stereocenters. The summed E-state index contributed by atoms with van der Waals surface area (Å²) in [5.41, 5.74) is -1.54. The molecular weight excluding hydrogens is 549 g/mol. The number of amides is 4. The smallest absolute Gasteiger partial charge is 0.416 e. The number of urea groups is 1. The molecule has 5 rings (SSSR count). The molecule has 0 saturated carbocycles. The molecule has 3 aromatic rings. The molecule has 0 radical (unpaired) electrons. The van der Waals surface area contributed by atoms with Crippen molar-refractivity contribution in [2.75, 3.05) is 18.3 Å². The van der Waals surface area contributed by atoms with Gasteiger partial charge in [0.1, 0.15) is 5.57 Å². The van der Waals surface area contributed by atoms with Gasteiger partial charge in [0.25, 0.3) is 11.8 Å². The molecule has 0 bridgehead atoms. The average Bonchev–Trinajstić information content (AvgIpc) is 3.40. The van der Waals surface area contributed by atoms with Gasteiger partial charge in [0.15, 0.2) is 23.0 Å². The number of imide groups is 2. The van der Waals surface area contributed by atoms with Crippen LogP contribution >= 0.6 is 0 Å². The molecule has 4 amide bonds. The quantitative estimate of drug-likeness (QED) is 0.196. The number of carbonyl (C=O) groups is 4. The summed E-state index contributed by atoms with van der Waals surface area (Å²) in [5, 5.41) is 1.96. The molecule has 10 nitrogen and oxygen atoms in total. The normalized spacial score (nSPS) is 15.7. The number of carbonyl (C=O) groups excluding carboxylic acids is 4. The van der Waals surface area contributed by atoms with E-state index >= 15 is 0 Å². The molecule has 2 aliphatic heterocycles. The minimum atomic E-state index is -4.72. The second-order valence-corrected chi connectivity index (χ2v) is 8.60. The molecule has 3 aromatic carbocycles. The molecule has 41 heavy (non-hydrogen) atoms. The number of ether oxygens (including phenoxy) is 4. The third-order valence-corrected chi connectivity index (χ3v) is 5.92. The molecule has 1 fully saturated rings. The lowest BCUT2D eigenvalue weighted by atomic mass is 10.1. The maximum atomic E-state index is 13.2. The lowest BCUT2D eigenvalue weighted by Gasteiger charge is -2.27. The molecule has 0 aromatic heterocycles. The third kappa shape index (κ3) is 5.55. The van der Waals surface area contributed by atoms with E-state index in [4.69, 9.17) is 18.9 Å². The van der Waals surface area contributed by atoms with Crippen molar-refractivity contribution in [1.29, 1.82) is 0 Å². The standard InChI is InChI=1S/C28H19F3N2O8/c1-2-38-22-11-15(6-8-21(22)41-26(36)16-7-9-20-23(12-16)40-14-39-20)10-19-24(34)32-27(37)33(25(19)35)18-5-3-4-17(13-18)28(29,30)31/h3-13H,2,14H2,1H3,(H,32,34,37)/b19-10+. The van der Waals surface area contributed by atoms with Gasteiger partial charge in [-0.1, -0.05) is 12.1 Å². The Kier molecular flexibility index (Phi) is 7.10. The predicted octanol–water partition coefficient (Wildman–Crippen LogP) is 4.72. The summed E-state index contributed by atoms with van der Waals surface area (Å²) in [7, 11) is 0. The molecule has 2 heterocycles. The predicted molar refractivity (Wildman–Crippen MR) is 136 cm³/mol. The van der Waals surface area contributed by atoms with E-state index < -0.39 is 41.1 Å². The van der Waals surface area contributed by atoms with Crippen LogP contribution in [0.5, 0.6) is 23.0 Å². The second-order valence-electron chi connectivity index (χ2n) is 8.60. The summed E-state index contributed by atoms with van der Waals surface area (Å²) < 4.78 is 61.1. The Morgan fingerprint density at radius 1 is 1.00 bits per heavy atom. The minimum Gasteiger partial charge on any atom is -0.490 e. The number of alkyl halides is 3. The van der Waals surface area contributed by atoms with Gasteiger partial charge in [0.05, 0.1) is 23.4 Å². The van der Waals surface area contributed by atoms with Crippen LogP contribution in [0.4, 0.5) is 23.7 Å². The van der Waals surface area contributed by atoms with Crippen LogP contribution in [0.25, 0.3) is 6.08 Å². The zero-order valence-corrected chi connectivity index (χ0v) is 21.1. The van der Waals surface area contributed by atoms with Crippen LogP contribution in [0.2, 0.25) is 0 Å². The van der Waals surface area contributed by atoms with Gasteiger partial charge >= 0.3 is 18.2 Å². The summed E-state index contributed by atoms with van der Waals surface area (Å²) in [5.74, 6) is -1.87. The summed E-state index contributed by atoms with van der Waals surface area (Å²) >= 11 is 0. The summed E-state index contributed by atoms with van der Waals surface area (Å²) in [4.78, 5) is 51.3. The highest BCUT2D eigenvalue weighted by molar-refractivity contribution is 6.39. The fraction of sp³-hybridized carbons (Fsp3) is 0.143. The summed E-state index contributed by atoms with van der Waals surface area (Å²) in [6.45, 7) is 1.89. The number of esters is 1. The molecule has 0 spiro atoms. The Morgan fingerprint density at radius 2 is 1.78 bits per heavy atom. The van der Waals surface area contributed by atoms with Crippen molar-refractivity contribution in [1.82, 2.24) is 5.32 Å². The Balaban J connectivity index is 1.42. The lowest BCUT2D eigenvalue weighted by molar-refractivity contribution is -0.137. The Hall–Kier alpha value is -5.33. The fourth-order valence-electron chi connectivity index (χ4n) is 4.03. The van der Waals surface area contributed by atoms with Crippen molar-refractivity contribution in [2.45, 2.75) is 13.1 Å². The first-order valence-corrected chi connectivity index (χ1v) is 12.0. The number of hydrogen-bond donors (Lipinski definition) is 1. The zero-order chi connectivity index (χ0) is 29.3. The van der Waals surface area contributed by atoms with Crippen molar-refractivity contribution >= 4 is 35.6 Å². The van der Waals surface area contributed by atoms with Crippen molar-refractivity contribution in [2.24, 2.45) is 0 Å². The van der Waals surface area contributed by atoms with Crippen molar-refractivity contribution < 1.29 is 51.3 Å². The number of fused-ring (bicyclic) bond motifs is 1. The van der Waals surface area contributed by atoms with Gasteiger partial charge in [-0.15, -0.1) is 0 Å². The van der Waals surface area contributed by atoms with Crippen LogP contribution < -0.4 is 29.2 Å². The molecule has 2 aliphatic rings. The molecule has 1 N–H and O–H groups in total. The topological polar surface area (TPSA) is 120 Å². The monoisotopic (exact) mass is 568 g/mol. The molecule has 210 valence electrons. The van der Waals surface area contributed by atoms with Gasteiger partial charge in [-0.3, -0.25) is 14.9 Å². The van der Waals surface area contributed by atoms with Crippen LogP contribution in [0, 0.1) is 0 Å². The van der Waals surface area contributed by atoms with E-state index in [1.54, 1.807) is 13.0 Å². The van der Waals surface area contributed by atoms with Crippen LogP contribution in [-0.4, -0.2) is 37.2 Å². The first kappa shape index (κ1) is 27.2. The number of benzene rings is 3. The van der Waals surface area contributed by atoms with Crippen molar-refractivity contribution in [3.63, 3.8) is 0 Å². The maximum Gasteiger partial charge on any atom is 0.416 e. The number of nitrogens with zero attached hydrogens (tertiary/aromatic N) is 1. The van der Waals surface area contributed by atoms with E-state index in [-0.39, 0.29) is 41.7 Å². The van der Waals surface area contributed by atoms with Crippen LogP contribution in [0.1, 0.15) is 28.4 Å².